The van der Waals surface area contributed by atoms with Crippen LogP contribution < -0.4 is 9.47 Å². The Morgan fingerprint density at radius 2 is 2.13 bits per heavy atom. The van der Waals surface area contributed by atoms with Gasteiger partial charge in [-0.05, 0) is 53.7 Å². The summed E-state index contributed by atoms with van der Waals surface area (Å²) in [5.74, 6) is -0.448. The number of aromatic carboxylic acids is 1. The first-order valence-corrected chi connectivity index (χ1v) is 10.2. The number of rotatable bonds is 7. The number of likely N-dealkylation sites (N-methyl/N-ethyl adjacent to an activating group) is 1. The maximum absolute atomic E-state index is 12.7. The van der Waals surface area contributed by atoms with E-state index in [1.54, 1.807) is 43.5 Å². The Labute approximate surface area is 188 Å². The number of aliphatic imine (C=N–C) groups is 1. The van der Waals surface area contributed by atoms with Crippen LogP contribution in [0.1, 0.15) is 15.9 Å². The van der Waals surface area contributed by atoms with Crippen molar-refractivity contribution in [2.24, 2.45) is 4.99 Å². The molecule has 1 N–H and O–H groups in total. The normalized spacial score (nSPS) is 16.1. The molecule has 3 rings (SSSR count). The maximum Gasteiger partial charge on any atom is 0.335 e. The number of carboxylic acids is 1. The average Bonchev–Trinajstić information content (AvgIpc) is 3.00. The van der Waals surface area contributed by atoms with Crippen LogP contribution in [0.4, 0.5) is 5.69 Å². The molecule has 1 fully saturated rings. The molecule has 0 aromatic heterocycles. The van der Waals surface area contributed by atoms with E-state index in [4.69, 9.17) is 26.2 Å². The lowest BCUT2D eigenvalue weighted by molar-refractivity contribution is -0.121. The first kappa shape index (κ1) is 22.5. The molecule has 0 unspecified atom stereocenters. The van der Waals surface area contributed by atoms with Gasteiger partial charge in [0.15, 0.2) is 16.7 Å². The fraction of sp³-hybridized carbons (Fsp3) is 0.136. The molecule has 0 bridgehead atoms. The van der Waals surface area contributed by atoms with Crippen molar-refractivity contribution in [1.29, 1.82) is 0 Å². The van der Waals surface area contributed by atoms with E-state index in [2.05, 4.69) is 11.6 Å². The molecule has 7 nitrogen and oxygen atoms in total. The number of nitrogens with zero attached hydrogens (tertiary/aromatic N) is 2. The van der Waals surface area contributed by atoms with E-state index in [1.807, 2.05) is 0 Å². The van der Waals surface area contributed by atoms with E-state index in [0.717, 1.165) is 0 Å². The van der Waals surface area contributed by atoms with E-state index in [1.165, 1.54) is 35.9 Å². The number of carbonyl (C=O) groups is 2. The molecule has 2 aromatic carbocycles. The van der Waals surface area contributed by atoms with Crippen molar-refractivity contribution >= 4 is 52.2 Å². The smallest absolute Gasteiger partial charge is 0.335 e. The van der Waals surface area contributed by atoms with Crippen LogP contribution in [0.3, 0.4) is 0 Å². The third kappa shape index (κ3) is 5.10. The van der Waals surface area contributed by atoms with Gasteiger partial charge in [0.2, 0.25) is 0 Å². The number of halogens is 1. The molecular formula is C22H19ClN2O5S. The highest BCUT2D eigenvalue weighted by atomic mass is 35.5. The molecule has 0 aliphatic carbocycles. The Morgan fingerprint density at radius 3 is 2.81 bits per heavy atom. The van der Waals surface area contributed by atoms with Gasteiger partial charge in [0.05, 0.1) is 28.3 Å². The molecule has 1 aliphatic heterocycles. The molecule has 0 atom stereocenters. The molecule has 0 radical (unpaired) electrons. The number of methoxy groups -OCH3 is 1. The number of amides is 1. The minimum absolute atomic E-state index is 0.120. The Balaban J connectivity index is 1.91. The number of benzene rings is 2. The Hall–Kier alpha value is -3.23. The first-order chi connectivity index (χ1) is 14.8. The van der Waals surface area contributed by atoms with Crippen molar-refractivity contribution in [3.05, 3.63) is 70.1 Å². The van der Waals surface area contributed by atoms with Gasteiger partial charge >= 0.3 is 5.97 Å². The van der Waals surface area contributed by atoms with Gasteiger partial charge in [-0.25, -0.2) is 9.79 Å². The van der Waals surface area contributed by atoms with Gasteiger partial charge in [0, 0.05) is 7.05 Å². The zero-order chi connectivity index (χ0) is 22.5. The number of hydrogen-bond acceptors (Lipinski definition) is 6. The van der Waals surface area contributed by atoms with Crippen molar-refractivity contribution in [2.75, 3.05) is 20.8 Å². The highest BCUT2D eigenvalue weighted by Gasteiger charge is 2.30. The topological polar surface area (TPSA) is 88.4 Å². The third-order valence-electron chi connectivity index (χ3n) is 4.22. The summed E-state index contributed by atoms with van der Waals surface area (Å²) in [7, 11) is 3.11. The van der Waals surface area contributed by atoms with Crippen molar-refractivity contribution in [2.45, 2.75) is 0 Å². The predicted octanol–water partition coefficient (Wildman–Crippen LogP) is 4.85. The summed E-state index contributed by atoms with van der Waals surface area (Å²) in [4.78, 5) is 30.1. The van der Waals surface area contributed by atoms with Crippen molar-refractivity contribution in [1.82, 2.24) is 4.90 Å². The number of hydrogen-bond donors (Lipinski definition) is 1. The molecule has 0 saturated carbocycles. The minimum atomic E-state index is -1.04. The van der Waals surface area contributed by atoms with Crippen LogP contribution in [0, 0.1) is 0 Å². The second-order valence-corrected chi connectivity index (χ2v) is 7.77. The first-order valence-electron chi connectivity index (χ1n) is 9.05. The van der Waals surface area contributed by atoms with E-state index < -0.39 is 5.97 Å². The number of amidine groups is 1. The van der Waals surface area contributed by atoms with Gasteiger partial charge in [-0.1, -0.05) is 30.3 Å². The summed E-state index contributed by atoms with van der Waals surface area (Å²) in [6.07, 6.45) is 3.29. The quantitative estimate of drug-likeness (QED) is 0.471. The zero-order valence-corrected chi connectivity index (χ0v) is 18.4. The van der Waals surface area contributed by atoms with E-state index in [0.29, 0.717) is 37.8 Å². The molecule has 1 amide bonds. The van der Waals surface area contributed by atoms with Gasteiger partial charge in [0.1, 0.15) is 6.61 Å². The highest BCUT2D eigenvalue weighted by molar-refractivity contribution is 8.18. The molecule has 0 spiro atoms. The fourth-order valence-electron chi connectivity index (χ4n) is 2.73. The predicted molar refractivity (Wildman–Crippen MR) is 123 cm³/mol. The number of thioether (sulfide) groups is 1. The van der Waals surface area contributed by atoms with Crippen molar-refractivity contribution < 1.29 is 24.2 Å². The zero-order valence-electron chi connectivity index (χ0n) is 16.8. The number of carboxylic acid groups (broad SMARTS) is 1. The minimum Gasteiger partial charge on any atom is -0.493 e. The van der Waals surface area contributed by atoms with Gasteiger partial charge < -0.3 is 14.6 Å². The SMILES string of the molecule is C=CCOc1c(Cl)cc(/C=C2\SC(=Nc3cccc(C(=O)O)c3)N(C)C2=O)cc1OC. The maximum atomic E-state index is 12.7. The average molecular weight is 459 g/mol. The van der Waals surface area contributed by atoms with Crippen LogP contribution >= 0.6 is 23.4 Å². The molecule has 2 aromatic rings. The summed E-state index contributed by atoms with van der Waals surface area (Å²) < 4.78 is 10.9. The molecule has 1 aliphatic rings. The lowest BCUT2D eigenvalue weighted by Gasteiger charge is -2.12. The summed E-state index contributed by atoms with van der Waals surface area (Å²) in [6.45, 7) is 3.89. The van der Waals surface area contributed by atoms with E-state index in [9.17, 15) is 9.59 Å². The second kappa shape index (κ2) is 9.72. The number of ether oxygens (including phenoxy) is 2. The molecular weight excluding hydrogens is 440 g/mol. The standard InChI is InChI=1S/C22H19ClN2O5S/c1-4-8-30-19-16(23)9-13(10-17(19)29-3)11-18-20(26)25(2)22(31-18)24-15-7-5-6-14(12-15)21(27)28/h4-7,9-12H,1,8H2,2-3H3,(H,27,28)/b18-11-,24-22?. The fourth-order valence-corrected chi connectivity index (χ4v) is 3.99. The van der Waals surface area contributed by atoms with Crippen LogP contribution in [0.25, 0.3) is 6.08 Å². The lowest BCUT2D eigenvalue weighted by atomic mass is 10.2. The van der Waals surface area contributed by atoms with Crippen LogP contribution in [-0.2, 0) is 4.79 Å². The van der Waals surface area contributed by atoms with E-state index >= 15 is 0 Å². The highest BCUT2D eigenvalue weighted by Crippen LogP contribution is 2.39. The third-order valence-corrected chi connectivity index (χ3v) is 5.56. The Kier molecular flexibility index (Phi) is 7.04. The largest absolute Gasteiger partial charge is 0.493 e. The van der Waals surface area contributed by atoms with Crippen molar-refractivity contribution in [3.63, 3.8) is 0 Å². The molecule has 31 heavy (non-hydrogen) atoms. The van der Waals surface area contributed by atoms with Gasteiger partial charge in [-0.3, -0.25) is 9.69 Å². The molecule has 1 saturated heterocycles. The van der Waals surface area contributed by atoms with Gasteiger partial charge in [-0.15, -0.1) is 0 Å². The molecule has 1 heterocycles. The van der Waals surface area contributed by atoms with Crippen LogP contribution in [0.2, 0.25) is 5.02 Å². The van der Waals surface area contributed by atoms with Gasteiger partial charge in [-0.2, -0.15) is 0 Å². The molecule has 160 valence electrons. The van der Waals surface area contributed by atoms with Crippen molar-refractivity contribution in [3.8, 4) is 11.5 Å². The van der Waals surface area contributed by atoms with Gasteiger partial charge in [0.25, 0.3) is 5.91 Å². The second-order valence-electron chi connectivity index (χ2n) is 6.36. The number of carbonyl (C=O) groups excluding carboxylic acids is 1. The molecule has 9 heteroatoms. The van der Waals surface area contributed by atoms with Crippen LogP contribution in [-0.4, -0.2) is 47.8 Å². The van der Waals surface area contributed by atoms with Crippen LogP contribution in [0.15, 0.2) is 59.0 Å². The summed E-state index contributed by atoms with van der Waals surface area (Å²) in [5.41, 5.74) is 1.22. The van der Waals surface area contributed by atoms with Crippen LogP contribution in [0.5, 0.6) is 11.5 Å². The Morgan fingerprint density at radius 1 is 1.35 bits per heavy atom. The summed E-state index contributed by atoms with van der Waals surface area (Å²) >= 11 is 7.51. The Bertz CT molecular complexity index is 1110. The summed E-state index contributed by atoms with van der Waals surface area (Å²) in [6, 6.07) is 9.60. The van der Waals surface area contributed by atoms with E-state index in [-0.39, 0.29) is 18.1 Å². The summed E-state index contributed by atoms with van der Waals surface area (Å²) in [5, 5.41) is 9.92. The lowest BCUT2D eigenvalue weighted by Crippen LogP contribution is -2.23. The monoisotopic (exact) mass is 458 g/mol.